The standard InChI is InChI=1S/C20H23BrN2O/c1-12(2)20-22-17(14-6-4-13(3)5-7-14)11-18(23-20)16-10-15(21)8-9-19(16)24/h4-12,18,20,22-24H,1-3H3/p+1. The van der Waals surface area contributed by atoms with Crippen LogP contribution in [0.2, 0.25) is 0 Å². The number of aromatic hydroxyl groups is 1. The summed E-state index contributed by atoms with van der Waals surface area (Å²) in [4.78, 5) is 0. The van der Waals surface area contributed by atoms with E-state index < -0.39 is 0 Å². The number of phenolic OH excluding ortho intramolecular Hbond substituents is 1. The fourth-order valence-electron chi connectivity index (χ4n) is 3.02. The minimum absolute atomic E-state index is 0.0763. The molecule has 0 saturated heterocycles. The third-order valence-corrected chi connectivity index (χ3v) is 5.01. The highest BCUT2D eigenvalue weighted by Crippen LogP contribution is 2.30. The molecule has 4 N–H and O–H groups in total. The maximum atomic E-state index is 10.3. The van der Waals surface area contributed by atoms with Crippen LogP contribution in [0.15, 0.2) is 53.0 Å². The summed E-state index contributed by atoms with van der Waals surface area (Å²) in [5.74, 6) is 0.805. The molecule has 2 aromatic carbocycles. The van der Waals surface area contributed by atoms with Crippen molar-refractivity contribution in [3.63, 3.8) is 0 Å². The predicted octanol–water partition coefficient (Wildman–Crippen LogP) is 3.69. The molecule has 0 spiro atoms. The van der Waals surface area contributed by atoms with Crippen molar-refractivity contribution in [3.8, 4) is 5.75 Å². The molecular formula is C20H24BrN2O+. The monoisotopic (exact) mass is 387 g/mol. The van der Waals surface area contributed by atoms with Crippen molar-refractivity contribution in [2.45, 2.75) is 33.0 Å². The van der Waals surface area contributed by atoms with E-state index in [2.05, 4.69) is 77.7 Å². The van der Waals surface area contributed by atoms with Gasteiger partial charge in [0.15, 0.2) is 6.17 Å². The lowest BCUT2D eigenvalue weighted by Gasteiger charge is -2.32. The first-order valence-electron chi connectivity index (χ1n) is 8.33. The SMILES string of the molecule is Cc1ccc(C2=CC(c3cc(Br)ccc3O)[NH2+]C(C(C)C)N2)cc1. The maximum absolute atomic E-state index is 10.3. The molecule has 3 nitrogen and oxygen atoms in total. The Hall–Kier alpha value is -1.78. The number of hydrogen-bond donors (Lipinski definition) is 3. The van der Waals surface area contributed by atoms with Gasteiger partial charge in [-0.2, -0.15) is 0 Å². The number of nitrogens with one attached hydrogen (secondary N) is 1. The molecule has 2 unspecified atom stereocenters. The zero-order chi connectivity index (χ0) is 17.3. The van der Waals surface area contributed by atoms with Gasteiger partial charge in [-0.05, 0) is 30.7 Å². The molecule has 0 amide bonds. The van der Waals surface area contributed by atoms with Crippen molar-refractivity contribution >= 4 is 21.6 Å². The van der Waals surface area contributed by atoms with Crippen LogP contribution in [-0.2, 0) is 0 Å². The Labute approximate surface area is 151 Å². The Kier molecular flexibility index (Phi) is 4.97. The average Bonchev–Trinajstić information content (AvgIpc) is 2.57. The van der Waals surface area contributed by atoms with Crippen LogP contribution in [-0.4, -0.2) is 11.3 Å². The summed E-state index contributed by atoms with van der Waals surface area (Å²) in [7, 11) is 0. The molecule has 24 heavy (non-hydrogen) atoms. The molecule has 0 bridgehead atoms. The molecule has 0 aromatic heterocycles. The number of rotatable bonds is 3. The highest BCUT2D eigenvalue weighted by Gasteiger charge is 2.30. The molecule has 1 heterocycles. The summed E-state index contributed by atoms with van der Waals surface area (Å²) in [6, 6.07) is 14.3. The highest BCUT2D eigenvalue weighted by molar-refractivity contribution is 9.10. The molecule has 0 aliphatic carbocycles. The molecule has 2 aromatic rings. The van der Waals surface area contributed by atoms with Gasteiger partial charge < -0.3 is 15.7 Å². The molecule has 126 valence electrons. The Balaban J connectivity index is 2.02. The normalized spacial score (nSPS) is 20.6. The van der Waals surface area contributed by atoms with Crippen molar-refractivity contribution in [2.75, 3.05) is 0 Å². The minimum atomic E-state index is 0.0763. The first kappa shape index (κ1) is 17.1. The van der Waals surface area contributed by atoms with Crippen molar-refractivity contribution in [1.82, 2.24) is 5.32 Å². The van der Waals surface area contributed by atoms with E-state index in [9.17, 15) is 5.11 Å². The average molecular weight is 388 g/mol. The molecule has 1 aliphatic rings. The number of nitrogens with two attached hydrogens (primary N) is 1. The zero-order valence-electron chi connectivity index (χ0n) is 14.3. The molecule has 0 saturated carbocycles. The third-order valence-electron chi connectivity index (χ3n) is 4.51. The molecular weight excluding hydrogens is 364 g/mol. The van der Waals surface area contributed by atoms with Gasteiger partial charge in [0.2, 0.25) is 0 Å². The molecule has 1 aliphatic heterocycles. The third kappa shape index (κ3) is 3.65. The van der Waals surface area contributed by atoms with E-state index in [4.69, 9.17) is 0 Å². The van der Waals surface area contributed by atoms with E-state index in [1.807, 2.05) is 12.1 Å². The van der Waals surface area contributed by atoms with Gasteiger partial charge in [0.05, 0.1) is 5.56 Å². The minimum Gasteiger partial charge on any atom is -0.507 e. The van der Waals surface area contributed by atoms with E-state index in [0.29, 0.717) is 11.7 Å². The number of hydrogen-bond acceptors (Lipinski definition) is 2. The lowest BCUT2D eigenvalue weighted by atomic mass is 9.97. The van der Waals surface area contributed by atoms with E-state index in [1.54, 1.807) is 6.07 Å². The van der Waals surface area contributed by atoms with Crippen molar-refractivity contribution in [1.29, 1.82) is 0 Å². The molecule has 0 fully saturated rings. The Morgan fingerprint density at radius 3 is 2.50 bits per heavy atom. The molecule has 3 rings (SSSR count). The first-order chi connectivity index (χ1) is 11.4. The van der Waals surface area contributed by atoms with E-state index in [0.717, 1.165) is 15.7 Å². The number of phenols is 1. The summed E-state index contributed by atoms with van der Waals surface area (Å²) in [5.41, 5.74) is 4.49. The van der Waals surface area contributed by atoms with Gasteiger partial charge >= 0.3 is 0 Å². The summed E-state index contributed by atoms with van der Waals surface area (Å²) >= 11 is 3.51. The largest absolute Gasteiger partial charge is 0.507 e. The van der Waals surface area contributed by atoms with Crippen LogP contribution in [0.5, 0.6) is 5.75 Å². The fourth-order valence-corrected chi connectivity index (χ4v) is 3.40. The number of quaternary nitrogens is 1. The Morgan fingerprint density at radius 1 is 1.12 bits per heavy atom. The van der Waals surface area contributed by atoms with Gasteiger partial charge in [0, 0.05) is 22.2 Å². The van der Waals surface area contributed by atoms with Crippen LogP contribution in [0.25, 0.3) is 5.70 Å². The number of halogens is 1. The summed E-state index contributed by atoms with van der Waals surface area (Å²) in [6.45, 7) is 6.52. The van der Waals surface area contributed by atoms with Crippen molar-refractivity contribution in [3.05, 3.63) is 69.7 Å². The van der Waals surface area contributed by atoms with Gasteiger partial charge in [-0.15, -0.1) is 0 Å². The lowest BCUT2D eigenvalue weighted by molar-refractivity contribution is -0.729. The second-order valence-corrected chi connectivity index (χ2v) is 7.70. The van der Waals surface area contributed by atoms with Gasteiger partial charge in [-0.3, -0.25) is 0 Å². The molecule has 4 heteroatoms. The predicted molar refractivity (Wildman–Crippen MR) is 101 cm³/mol. The van der Waals surface area contributed by atoms with Gasteiger partial charge in [0.25, 0.3) is 0 Å². The second kappa shape index (κ2) is 6.99. The Morgan fingerprint density at radius 2 is 1.83 bits per heavy atom. The van der Waals surface area contributed by atoms with Gasteiger partial charge in [-0.1, -0.05) is 59.6 Å². The van der Waals surface area contributed by atoms with Crippen LogP contribution >= 0.6 is 15.9 Å². The zero-order valence-corrected chi connectivity index (χ0v) is 15.8. The lowest BCUT2D eigenvalue weighted by Crippen LogP contribution is -2.96. The smallest absolute Gasteiger partial charge is 0.162 e. The van der Waals surface area contributed by atoms with Crippen LogP contribution < -0.4 is 10.6 Å². The fraction of sp³-hybridized carbons (Fsp3) is 0.300. The number of aryl methyl sites for hydroxylation is 1. The van der Waals surface area contributed by atoms with Crippen molar-refractivity contribution in [2.24, 2.45) is 5.92 Å². The summed E-state index contributed by atoms with van der Waals surface area (Å²) in [5, 5.41) is 16.2. The van der Waals surface area contributed by atoms with E-state index >= 15 is 0 Å². The van der Waals surface area contributed by atoms with Crippen LogP contribution in [0.1, 0.15) is 36.6 Å². The van der Waals surface area contributed by atoms with Crippen LogP contribution in [0.4, 0.5) is 0 Å². The highest BCUT2D eigenvalue weighted by atomic mass is 79.9. The van der Waals surface area contributed by atoms with Crippen LogP contribution in [0.3, 0.4) is 0 Å². The van der Waals surface area contributed by atoms with E-state index in [-0.39, 0.29) is 12.2 Å². The quantitative estimate of drug-likeness (QED) is 0.751. The topological polar surface area (TPSA) is 48.9 Å². The second-order valence-electron chi connectivity index (χ2n) is 6.78. The summed E-state index contributed by atoms with van der Waals surface area (Å²) < 4.78 is 0.980. The molecule has 2 atom stereocenters. The number of benzene rings is 2. The van der Waals surface area contributed by atoms with Gasteiger partial charge in [0.1, 0.15) is 11.8 Å². The summed E-state index contributed by atoms with van der Waals surface area (Å²) in [6.07, 6.45) is 2.46. The van der Waals surface area contributed by atoms with E-state index in [1.165, 1.54) is 11.1 Å². The van der Waals surface area contributed by atoms with Crippen molar-refractivity contribution < 1.29 is 10.4 Å². The van der Waals surface area contributed by atoms with Gasteiger partial charge in [-0.25, -0.2) is 0 Å². The Bertz CT molecular complexity index is 753. The maximum Gasteiger partial charge on any atom is 0.162 e. The molecule has 0 radical (unpaired) electrons. The van der Waals surface area contributed by atoms with Crippen LogP contribution in [0, 0.1) is 12.8 Å². The first-order valence-corrected chi connectivity index (χ1v) is 9.12.